The zero-order valence-electron chi connectivity index (χ0n) is 13.4. The van der Waals surface area contributed by atoms with E-state index in [2.05, 4.69) is 21.8 Å². The average molecular weight is 345 g/mol. The molecule has 7 heteroatoms. The summed E-state index contributed by atoms with van der Waals surface area (Å²) in [6.07, 6.45) is 2.48. The fourth-order valence-electron chi connectivity index (χ4n) is 3.44. The van der Waals surface area contributed by atoms with Crippen molar-refractivity contribution < 1.29 is 4.42 Å². The van der Waals surface area contributed by atoms with E-state index in [1.165, 1.54) is 24.2 Å². The van der Waals surface area contributed by atoms with Gasteiger partial charge in [-0.3, -0.25) is 14.7 Å². The van der Waals surface area contributed by atoms with Crippen LogP contribution in [0.25, 0.3) is 22.4 Å². The highest BCUT2D eigenvalue weighted by Crippen LogP contribution is 2.28. The Kier molecular flexibility index (Phi) is 3.90. The summed E-state index contributed by atoms with van der Waals surface area (Å²) in [6.45, 7) is 5.19. The van der Waals surface area contributed by atoms with Crippen molar-refractivity contribution in [3.05, 3.63) is 43.3 Å². The summed E-state index contributed by atoms with van der Waals surface area (Å²) in [5.74, 6) is 0.229. The van der Waals surface area contributed by atoms with Crippen LogP contribution in [-0.2, 0) is 6.54 Å². The number of hydrogen-bond acceptors (Lipinski definition) is 5. The molecule has 2 aromatic heterocycles. The molecule has 1 atom stereocenters. The summed E-state index contributed by atoms with van der Waals surface area (Å²) in [4.78, 5) is 32.2. The Labute approximate surface area is 142 Å². The molecule has 1 aliphatic heterocycles. The number of thiazole rings is 1. The number of nitrogens with one attached hydrogen (secondary N) is 2. The molecule has 0 spiro atoms. The molecule has 24 heavy (non-hydrogen) atoms. The van der Waals surface area contributed by atoms with Gasteiger partial charge in [0.1, 0.15) is 0 Å². The highest BCUT2D eigenvalue weighted by molar-refractivity contribution is 7.09. The molecular weight excluding hydrogens is 326 g/mol. The van der Waals surface area contributed by atoms with Gasteiger partial charge in [-0.1, -0.05) is 24.3 Å². The minimum Gasteiger partial charge on any atom is -0.408 e. The second-order valence-electron chi connectivity index (χ2n) is 6.52. The molecule has 126 valence electrons. The Bertz CT molecular complexity index is 981. The quantitative estimate of drug-likeness (QED) is 0.765. The second kappa shape index (κ2) is 6.07. The van der Waals surface area contributed by atoms with Crippen LogP contribution in [0.1, 0.15) is 24.6 Å². The predicted octanol–water partition coefficient (Wildman–Crippen LogP) is 2.77. The van der Waals surface area contributed by atoms with E-state index in [4.69, 9.17) is 4.42 Å². The molecule has 1 aromatic carbocycles. The molecule has 1 saturated heterocycles. The molecule has 1 aliphatic rings. The molecule has 0 saturated carbocycles. The number of aromatic amines is 2. The van der Waals surface area contributed by atoms with Crippen LogP contribution in [0, 0.1) is 5.92 Å². The number of H-pyrrole nitrogens is 2. The molecule has 2 N–H and O–H groups in total. The van der Waals surface area contributed by atoms with Crippen LogP contribution >= 0.6 is 11.3 Å². The first-order valence-corrected chi connectivity index (χ1v) is 8.98. The molecule has 1 unspecified atom stereocenters. The summed E-state index contributed by atoms with van der Waals surface area (Å²) in [5, 5.41) is 0. The third-order valence-electron chi connectivity index (χ3n) is 4.54. The smallest absolute Gasteiger partial charge is 0.408 e. The Morgan fingerprint density at radius 2 is 2.21 bits per heavy atom. The molecule has 0 amide bonds. The van der Waals surface area contributed by atoms with Crippen LogP contribution in [0.5, 0.6) is 0 Å². The summed E-state index contributed by atoms with van der Waals surface area (Å²) in [5.41, 5.74) is 2.85. The maximum absolute atomic E-state index is 11.9. The molecule has 1 fully saturated rings. The fourth-order valence-corrected chi connectivity index (χ4v) is 4.33. The first kappa shape index (κ1) is 15.4. The summed E-state index contributed by atoms with van der Waals surface area (Å²) >= 11 is 1.26. The number of fused-ring (bicyclic) bond motifs is 1. The van der Waals surface area contributed by atoms with E-state index >= 15 is 0 Å². The van der Waals surface area contributed by atoms with Gasteiger partial charge >= 0.3 is 10.6 Å². The van der Waals surface area contributed by atoms with Crippen LogP contribution in [0.15, 0.2) is 32.2 Å². The first-order chi connectivity index (χ1) is 11.6. The lowest BCUT2D eigenvalue weighted by Gasteiger charge is -2.30. The monoisotopic (exact) mass is 345 g/mol. The third kappa shape index (κ3) is 2.97. The molecule has 0 radical (unpaired) electrons. The van der Waals surface area contributed by atoms with Crippen LogP contribution < -0.4 is 10.6 Å². The van der Waals surface area contributed by atoms with E-state index in [1.54, 1.807) is 12.1 Å². The SMILES string of the molecule is CC1CCCN(Cc2sc(=O)[nH]c2-c2ccc3[nH]c(=O)oc3c2)C1. The standard InChI is InChI=1S/C17H19N3O3S/c1-10-3-2-6-20(8-10)9-14-15(19-17(22)24-14)11-4-5-12-13(7-11)23-16(21)18-12/h4-5,7,10H,2-3,6,8-9H2,1H3,(H,18,21)(H,19,22). The van der Waals surface area contributed by atoms with Crippen molar-refractivity contribution in [3.63, 3.8) is 0 Å². The molecule has 6 nitrogen and oxygen atoms in total. The van der Waals surface area contributed by atoms with Gasteiger partial charge in [-0.2, -0.15) is 0 Å². The Balaban J connectivity index is 1.69. The zero-order chi connectivity index (χ0) is 16.7. The summed E-state index contributed by atoms with van der Waals surface area (Å²) in [7, 11) is 0. The normalized spacial score (nSPS) is 19.1. The zero-order valence-corrected chi connectivity index (χ0v) is 14.2. The van der Waals surface area contributed by atoms with Crippen molar-refractivity contribution >= 4 is 22.4 Å². The molecule has 4 rings (SSSR count). The number of benzene rings is 1. The van der Waals surface area contributed by atoms with E-state index in [-0.39, 0.29) is 4.87 Å². The Morgan fingerprint density at radius 1 is 1.33 bits per heavy atom. The van der Waals surface area contributed by atoms with Gasteiger partial charge in [0.15, 0.2) is 5.58 Å². The van der Waals surface area contributed by atoms with Crippen molar-refractivity contribution in [2.45, 2.75) is 26.3 Å². The number of likely N-dealkylation sites (tertiary alicyclic amines) is 1. The minimum absolute atomic E-state index is 0.0549. The van der Waals surface area contributed by atoms with Crippen molar-refractivity contribution in [2.75, 3.05) is 13.1 Å². The van der Waals surface area contributed by atoms with Gasteiger partial charge in [0, 0.05) is 23.5 Å². The molecular formula is C17H19N3O3S. The number of hydrogen-bond donors (Lipinski definition) is 2. The van der Waals surface area contributed by atoms with Gasteiger partial charge in [-0.25, -0.2) is 4.79 Å². The van der Waals surface area contributed by atoms with E-state index in [1.807, 2.05) is 6.07 Å². The van der Waals surface area contributed by atoms with E-state index in [0.29, 0.717) is 17.0 Å². The van der Waals surface area contributed by atoms with Crippen molar-refractivity contribution in [2.24, 2.45) is 5.92 Å². The lowest BCUT2D eigenvalue weighted by Crippen LogP contribution is -2.33. The highest BCUT2D eigenvalue weighted by atomic mass is 32.1. The minimum atomic E-state index is -0.469. The van der Waals surface area contributed by atoms with E-state index in [9.17, 15) is 9.59 Å². The molecule has 0 bridgehead atoms. The number of piperidine rings is 1. The van der Waals surface area contributed by atoms with Gasteiger partial charge in [0.05, 0.1) is 11.2 Å². The molecule has 3 aromatic rings. The summed E-state index contributed by atoms with van der Waals surface area (Å²) < 4.78 is 5.13. The Hall–Kier alpha value is -2.12. The van der Waals surface area contributed by atoms with E-state index < -0.39 is 5.76 Å². The van der Waals surface area contributed by atoms with Gasteiger partial charge in [0.25, 0.3) is 0 Å². The number of oxazole rings is 1. The lowest BCUT2D eigenvalue weighted by molar-refractivity contribution is 0.178. The van der Waals surface area contributed by atoms with Crippen LogP contribution in [0.2, 0.25) is 0 Å². The maximum Gasteiger partial charge on any atom is 0.417 e. The lowest BCUT2D eigenvalue weighted by atomic mass is 10.00. The predicted molar refractivity (Wildman–Crippen MR) is 94.4 cm³/mol. The van der Waals surface area contributed by atoms with Gasteiger partial charge in [-0.15, -0.1) is 0 Å². The van der Waals surface area contributed by atoms with Crippen molar-refractivity contribution in [3.8, 4) is 11.3 Å². The van der Waals surface area contributed by atoms with Gasteiger partial charge in [-0.05, 0) is 37.4 Å². The largest absolute Gasteiger partial charge is 0.417 e. The van der Waals surface area contributed by atoms with Crippen LogP contribution in [0.4, 0.5) is 0 Å². The average Bonchev–Trinajstić information content (AvgIpc) is 3.08. The van der Waals surface area contributed by atoms with Crippen LogP contribution in [0.3, 0.4) is 0 Å². The number of rotatable bonds is 3. The summed E-state index contributed by atoms with van der Waals surface area (Å²) in [6, 6.07) is 5.50. The maximum atomic E-state index is 11.9. The number of nitrogens with zero attached hydrogens (tertiary/aromatic N) is 1. The third-order valence-corrected chi connectivity index (χ3v) is 5.41. The first-order valence-electron chi connectivity index (χ1n) is 8.16. The van der Waals surface area contributed by atoms with Gasteiger partial charge in [0.2, 0.25) is 0 Å². The molecule has 0 aliphatic carbocycles. The number of aromatic nitrogens is 2. The molecule has 3 heterocycles. The Morgan fingerprint density at radius 3 is 3.04 bits per heavy atom. The van der Waals surface area contributed by atoms with Gasteiger partial charge < -0.3 is 9.40 Å². The fraction of sp³-hybridized carbons (Fsp3) is 0.412. The van der Waals surface area contributed by atoms with E-state index in [0.717, 1.165) is 35.8 Å². The van der Waals surface area contributed by atoms with Crippen molar-refractivity contribution in [1.82, 2.24) is 14.9 Å². The van der Waals surface area contributed by atoms with Crippen LogP contribution in [-0.4, -0.2) is 28.0 Å². The second-order valence-corrected chi connectivity index (χ2v) is 7.59. The topological polar surface area (TPSA) is 82.1 Å². The highest BCUT2D eigenvalue weighted by Gasteiger charge is 2.20. The van der Waals surface area contributed by atoms with Crippen molar-refractivity contribution in [1.29, 1.82) is 0 Å².